The Kier molecular flexibility index (Phi) is 13.1. The number of hydrogen-bond acceptors (Lipinski definition) is 3. The van der Waals surface area contributed by atoms with Crippen LogP contribution in [0.1, 0.15) is 65.7 Å². The first-order valence-electron chi connectivity index (χ1n) is 7.46. The Morgan fingerprint density at radius 1 is 1.06 bits per heavy atom. The minimum Gasteiger partial charge on any atom is -0.465 e. The Bertz CT molecular complexity index is 195. The van der Waals surface area contributed by atoms with Crippen LogP contribution in [0.15, 0.2) is 0 Å². The van der Waals surface area contributed by atoms with Crippen LogP contribution in [-0.4, -0.2) is 24.1 Å². The first-order chi connectivity index (χ1) is 8.72. The summed E-state index contributed by atoms with van der Waals surface area (Å²) in [6, 6.07) is 0. The SMILES string of the molecule is CCCCCCCCSCCOC(=O)C(C)CC. The molecule has 0 fully saturated rings. The number of unbranched alkanes of at least 4 members (excludes halogenated alkanes) is 5. The zero-order valence-corrected chi connectivity index (χ0v) is 13.2. The molecule has 0 bridgehead atoms. The van der Waals surface area contributed by atoms with Gasteiger partial charge in [0, 0.05) is 5.75 Å². The van der Waals surface area contributed by atoms with E-state index in [0.29, 0.717) is 6.61 Å². The third-order valence-electron chi connectivity index (χ3n) is 3.13. The summed E-state index contributed by atoms with van der Waals surface area (Å²) in [5.41, 5.74) is 0. The van der Waals surface area contributed by atoms with Crippen molar-refractivity contribution in [2.24, 2.45) is 5.92 Å². The molecule has 0 aromatic carbocycles. The van der Waals surface area contributed by atoms with Gasteiger partial charge < -0.3 is 4.74 Å². The molecule has 0 heterocycles. The number of rotatable bonds is 12. The molecule has 1 unspecified atom stereocenters. The summed E-state index contributed by atoms with van der Waals surface area (Å²) in [6.07, 6.45) is 8.96. The zero-order valence-electron chi connectivity index (χ0n) is 12.4. The van der Waals surface area contributed by atoms with Gasteiger partial charge in [-0.25, -0.2) is 0 Å². The number of esters is 1. The molecule has 18 heavy (non-hydrogen) atoms. The van der Waals surface area contributed by atoms with Crippen molar-refractivity contribution in [3.05, 3.63) is 0 Å². The van der Waals surface area contributed by atoms with Gasteiger partial charge in [-0.2, -0.15) is 11.8 Å². The van der Waals surface area contributed by atoms with Crippen LogP contribution in [0.5, 0.6) is 0 Å². The Morgan fingerprint density at radius 3 is 2.39 bits per heavy atom. The Hall–Kier alpha value is -0.180. The van der Waals surface area contributed by atoms with Crippen LogP contribution in [0.3, 0.4) is 0 Å². The van der Waals surface area contributed by atoms with Gasteiger partial charge in [-0.15, -0.1) is 0 Å². The van der Waals surface area contributed by atoms with E-state index in [1.165, 1.54) is 44.3 Å². The summed E-state index contributed by atoms with van der Waals surface area (Å²) in [5.74, 6) is 2.15. The van der Waals surface area contributed by atoms with E-state index in [2.05, 4.69) is 6.92 Å². The van der Waals surface area contributed by atoms with E-state index in [1.54, 1.807) is 0 Å². The number of thioether (sulfide) groups is 1. The van der Waals surface area contributed by atoms with Crippen LogP contribution >= 0.6 is 11.8 Å². The van der Waals surface area contributed by atoms with Crippen molar-refractivity contribution >= 4 is 17.7 Å². The molecule has 0 saturated heterocycles. The van der Waals surface area contributed by atoms with E-state index in [4.69, 9.17) is 4.74 Å². The van der Waals surface area contributed by atoms with E-state index in [-0.39, 0.29) is 11.9 Å². The van der Waals surface area contributed by atoms with Gasteiger partial charge in [0.25, 0.3) is 0 Å². The second-order valence-corrected chi connectivity index (χ2v) is 6.08. The average molecular weight is 274 g/mol. The number of carbonyl (C=O) groups excluding carboxylic acids is 1. The molecule has 0 amide bonds. The molecule has 0 radical (unpaired) electrons. The quantitative estimate of drug-likeness (QED) is 0.382. The largest absolute Gasteiger partial charge is 0.465 e. The van der Waals surface area contributed by atoms with Gasteiger partial charge in [-0.3, -0.25) is 4.79 Å². The third kappa shape index (κ3) is 10.9. The first kappa shape index (κ1) is 17.8. The van der Waals surface area contributed by atoms with Crippen molar-refractivity contribution in [1.29, 1.82) is 0 Å². The molecule has 2 nitrogen and oxygen atoms in total. The Morgan fingerprint density at radius 2 is 1.72 bits per heavy atom. The highest BCUT2D eigenvalue weighted by Gasteiger charge is 2.10. The number of hydrogen-bond donors (Lipinski definition) is 0. The molecule has 1 atom stereocenters. The molecular weight excluding hydrogens is 244 g/mol. The molecule has 0 aromatic rings. The van der Waals surface area contributed by atoms with Gasteiger partial charge >= 0.3 is 5.97 Å². The van der Waals surface area contributed by atoms with E-state index in [0.717, 1.165) is 12.2 Å². The molecule has 108 valence electrons. The molecule has 0 saturated carbocycles. The monoisotopic (exact) mass is 274 g/mol. The summed E-state index contributed by atoms with van der Waals surface area (Å²) >= 11 is 1.90. The van der Waals surface area contributed by atoms with Crippen molar-refractivity contribution < 1.29 is 9.53 Å². The first-order valence-corrected chi connectivity index (χ1v) is 8.62. The minimum absolute atomic E-state index is 0.0438. The predicted molar refractivity (Wildman–Crippen MR) is 81.1 cm³/mol. The van der Waals surface area contributed by atoms with E-state index in [1.807, 2.05) is 25.6 Å². The lowest BCUT2D eigenvalue weighted by Gasteiger charge is -2.08. The van der Waals surface area contributed by atoms with Crippen molar-refractivity contribution in [3.8, 4) is 0 Å². The van der Waals surface area contributed by atoms with Crippen LogP contribution < -0.4 is 0 Å². The van der Waals surface area contributed by atoms with Crippen LogP contribution in [0.4, 0.5) is 0 Å². The molecule has 0 aromatic heterocycles. The van der Waals surface area contributed by atoms with E-state index >= 15 is 0 Å². The lowest BCUT2D eigenvalue weighted by atomic mass is 10.1. The average Bonchev–Trinajstić information content (AvgIpc) is 2.39. The number of ether oxygens (including phenoxy) is 1. The molecule has 0 rings (SSSR count). The molecule has 0 N–H and O–H groups in total. The van der Waals surface area contributed by atoms with Gasteiger partial charge in [0.05, 0.1) is 5.92 Å². The second kappa shape index (κ2) is 13.3. The van der Waals surface area contributed by atoms with E-state index in [9.17, 15) is 4.79 Å². The maximum Gasteiger partial charge on any atom is 0.308 e. The van der Waals surface area contributed by atoms with Crippen LogP contribution in [0, 0.1) is 5.92 Å². The maximum atomic E-state index is 11.4. The van der Waals surface area contributed by atoms with Crippen molar-refractivity contribution in [3.63, 3.8) is 0 Å². The minimum atomic E-state index is -0.0438. The highest BCUT2D eigenvalue weighted by atomic mass is 32.2. The lowest BCUT2D eigenvalue weighted by molar-refractivity contribution is -0.147. The molecular formula is C15H30O2S. The summed E-state index contributed by atoms with van der Waals surface area (Å²) in [5, 5.41) is 0. The van der Waals surface area contributed by atoms with Gasteiger partial charge in [0.1, 0.15) is 6.61 Å². The highest BCUT2D eigenvalue weighted by molar-refractivity contribution is 7.99. The summed E-state index contributed by atoms with van der Waals surface area (Å²) < 4.78 is 5.19. The molecule has 0 aliphatic rings. The molecule has 0 aliphatic heterocycles. The summed E-state index contributed by atoms with van der Waals surface area (Å²) in [6.45, 7) is 6.76. The smallest absolute Gasteiger partial charge is 0.308 e. The van der Waals surface area contributed by atoms with Crippen molar-refractivity contribution in [1.82, 2.24) is 0 Å². The van der Waals surface area contributed by atoms with Gasteiger partial charge in [0.15, 0.2) is 0 Å². The molecule has 0 aliphatic carbocycles. The molecule has 0 spiro atoms. The summed E-state index contributed by atoms with van der Waals surface area (Å²) in [7, 11) is 0. The topological polar surface area (TPSA) is 26.3 Å². The fraction of sp³-hybridized carbons (Fsp3) is 0.933. The van der Waals surface area contributed by atoms with Gasteiger partial charge in [0.2, 0.25) is 0 Å². The third-order valence-corrected chi connectivity index (χ3v) is 4.16. The van der Waals surface area contributed by atoms with Gasteiger partial charge in [-0.05, 0) is 18.6 Å². The fourth-order valence-electron chi connectivity index (χ4n) is 1.60. The van der Waals surface area contributed by atoms with Crippen LogP contribution in [-0.2, 0) is 9.53 Å². The van der Waals surface area contributed by atoms with Crippen molar-refractivity contribution in [2.75, 3.05) is 18.1 Å². The molecule has 3 heteroatoms. The summed E-state index contributed by atoms with van der Waals surface area (Å²) in [4.78, 5) is 11.4. The standard InChI is InChI=1S/C15H30O2S/c1-4-6-7-8-9-10-12-18-13-11-17-15(16)14(3)5-2/h14H,4-13H2,1-3H3. The van der Waals surface area contributed by atoms with Crippen molar-refractivity contribution in [2.45, 2.75) is 65.7 Å². The van der Waals surface area contributed by atoms with Crippen LogP contribution in [0.25, 0.3) is 0 Å². The number of carbonyl (C=O) groups is 1. The maximum absolute atomic E-state index is 11.4. The highest BCUT2D eigenvalue weighted by Crippen LogP contribution is 2.10. The van der Waals surface area contributed by atoms with Gasteiger partial charge in [-0.1, -0.05) is 52.9 Å². The predicted octanol–water partition coefficient (Wildman–Crippen LogP) is 4.67. The van der Waals surface area contributed by atoms with Crippen LogP contribution in [0.2, 0.25) is 0 Å². The van der Waals surface area contributed by atoms with E-state index < -0.39 is 0 Å². The Balaban J connectivity index is 3.14. The normalized spacial score (nSPS) is 12.4. The second-order valence-electron chi connectivity index (χ2n) is 4.86. The lowest BCUT2D eigenvalue weighted by Crippen LogP contribution is -2.15. The fourth-order valence-corrected chi connectivity index (χ4v) is 2.41. The zero-order chi connectivity index (χ0) is 13.6. The Labute approximate surface area is 117 Å².